The number of hydrogen-bond acceptors (Lipinski definition) is 3. The molecular weight excluding hydrogens is 324 g/mol. The summed E-state index contributed by atoms with van der Waals surface area (Å²) in [7, 11) is 5.62. The number of nitrogens with two attached hydrogens (primary N) is 1. The summed E-state index contributed by atoms with van der Waals surface area (Å²) in [5, 5.41) is 3.55. The quantitative estimate of drug-likeness (QED) is 0.640. The third-order valence-corrected chi connectivity index (χ3v) is 3.98. The number of guanidine groups is 1. The minimum absolute atomic E-state index is 0.340. The van der Waals surface area contributed by atoms with E-state index in [4.69, 9.17) is 22.1 Å². The number of aliphatic imine (C=N–C) groups is 1. The van der Waals surface area contributed by atoms with E-state index in [1.165, 1.54) is 11.3 Å². The van der Waals surface area contributed by atoms with Crippen LogP contribution in [0.4, 0.5) is 11.4 Å². The summed E-state index contributed by atoms with van der Waals surface area (Å²) in [4.78, 5) is 6.47. The lowest BCUT2D eigenvalue weighted by Crippen LogP contribution is -2.22. The van der Waals surface area contributed by atoms with Gasteiger partial charge < -0.3 is 20.7 Å². The summed E-state index contributed by atoms with van der Waals surface area (Å²) >= 11 is 6.10. The first kappa shape index (κ1) is 17.9. The van der Waals surface area contributed by atoms with Crippen molar-refractivity contribution in [2.45, 2.75) is 13.5 Å². The largest absolute Gasteiger partial charge is 0.495 e. The number of rotatable bonds is 5. The number of halogens is 1. The van der Waals surface area contributed by atoms with Crippen molar-refractivity contribution in [3.63, 3.8) is 0 Å². The Morgan fingerprint density at radius 2 is 2.00 bits per heavy atom. The number of benzene rings is 2. The van der Waals surface area contributed by atoms with Crippen molar-refractivity contribution >= 4 is 28.9 Å². The summed E-state index contributed by atoms with van der Waals surface area (Å²) in [5.74, 6) is 0.960. The standard InChI is InChI=1S/C18H23ClN4O/c1-12-9-15(23(2)3)7-5-13(12)11-21-18(20)22-14-6-8-17(24-4)16(19)10-14/h5-10H,11H2,1-4H3,(H3,20,21,22). The number of nitrogens with zero attached hydrogens (tertiary/aromatic N) is 2. The molecule has 3 N–H and O–H groups in total. The lowest BCUT2D eigenvalue weighted by Gasteiger charge is -2.14. The number of hydrogen-bond donors (Lipinski definition) is 2. The average Bonchev–Trinajstić information content (AvgIpc) is 2.53. The van der Waals surface area contributed by atoms with Crippen molar-refractivity contribution in [1.29, 1.82) is 0 Å². The van der Waals surface area contributed by atoms with E-state index in [0.29, 0.717) is 23.3 Å². The highest BCUT2D eigenvalue weighted by Crippen LogP contribution is 2.27. The molecule has 0 aromatic heterocycles. The Labute approximate surface area is 148 Å². The summed E-state index contributed by atoms with van der Waals surface area (Å²) < 4.78 is 5.13. The van der Waals surface area contributed by atoms with Crippen LogP contribution in [0.2, 0.25) is 5.02 Å². The molecule has 0 atom stereocenters. The first-order valence-electron chi connectivity index (χ1n) is 7.58. The Kier molecular flexibility index (Phi) is 5.93. The fraction of sp³-hybridized carbons (Fsp3) is 0.278. The van der Waals surface area contributed by atoms with Gasteiger partial charge in [0.25, 0.3) is 0 Å². The normalized spacial score (nSPS) is 11.3. The first-order chi connectivity index (χ1) is 11.4. The highest BCUT2D eigenvalue weighted by molar-refractivity contribution is 6.32. The van der Waals surface area contributed by atoms with E-state index in [1.807, 2.05) is 20.2 Å². The molecule has 24 heavy (non-hydrogen) atoms. The molecule has 5 nitrogen and oxygen atoms in total. The number of aryl methyl sites for hydroxylation is 1. The van der Waals surface area contributed by atoms with Crippen LogP contribution < -0.4 is 20.7 Å². The van der Waals surface area contributed by atoms with Crippen LogP contribution in [0.5, 0.6) is 5.75 Å². The predicted octanol–water partition coefficient (Wildman–Crippen LogP) is 3.65. The maximum atomic E-state index is 6.10. The van der Waals surface area contributed by atoms with Gasteiger partial charge in [-0.3, -0.25) is 0 Å². The zero-order chi connectivity index (χ0) is 17.7. The smallest absolute Gasteiger partial charge is 0.193 e. The molecule has 0 saturated carbocycles. The highest BCUT2D eigenvalue weighted by Gasteiger charge is 2.04. The Hall–Kier alpha value is -2.40. The van der Waals surface area contributed by atoms with Gasteiger partial charge in [0, 0.05) is 25.5 Å². The number of methoxy groups -OCH3 is 1. The van der Waals surface area contributed by atoms with Crippen molar-refractivity contribution in [2.24, 2.45) is 10.7 Å². The summed E-state index contributed by atoms with van der Waals surface area (Å²) in [6.07, 6.45) is 0. The molecular formula is C18H23ClN4O. The monoisotopic (exact) mass is 346 g/mol. The van der Waals surface area contributed by atoms with E-state index in [2.05, 4.69) is 40.3 Å². The molecule has 0 aliphatic carbocycles. The number of anilines is 2. The lowest BCUT2D eigenvalue weighted by atomic mass is 10.1. The van der Waals surface area contributed by atoms with Crippen molar-refractivity contribution in [2.75, 3.05) is 31.4 Å². The van der Waals surface area contributed by atoms with Gasteiger partial charge in [-0.15, -0.1) is 0 Å². The molecule has 0 saturated heterocycles. The van der Waals surface area contributed by atoms with Crippen LogP contribution in [0.15, 0.2) is 41.4 Å². The van der Waals surface area contributed by atoms with Crippen LogP contribution in [0.1, 0.15) is 11.1 Å². The van der Waals surface area contributed by atoms with Crippen LogP contribution in [-0.4, -0.2) is 27.2 Å². The molecule has 0 aliphatic rings. The molecule has 0 bridgehead atoms. The molecule has 2 rings (SSSR count). The second kappa shape index (κ2) is 7.93. The Bertz CT molecular complexity index is 744. The second-order valence-electron chi connectivity index (χ2n) is 5.68. The fourth-order valence-electron chi connectivity index (χ4n) is 2.24. The summed E-state index contributed by atoms with van der Waals surface area (Å²) in [5.41, 5.74) is 10.2. The summed E-state index contributed by atoms with van der Waals surface area (Å²) in [6.45, 7) is 2.59. The van der Waals surface area contributed by atoms with Gasteiger partial charge in [0.15, 0.2) is 5.96 Å². The third-order valence-electron chi connectivity index (χ3n) is 3.69. The van der Waals surface area contributed by atoms with Gasteiger partial charge in [-0.25, -0.2) is 4.99 Å². The van der Waals surface area contributed by atoms with Gasteiger partial charge in [0.1, 0.15) is 5.75 Å². The number of ether oxygens (including phenoxy) is 1. The molecule has 6 heteroatoms. The predicted molar refractivity (Wildman–Crippen MR) is 102 cm³/mol. The number of nitrogens with one attached hydrogen (secondary N) is 1. The van der Waals surface area contributed by atoms with Crippen molar-refractivity contribution in [3.05, 3.63) is 52.5 Å². The maximum Gasteiger partial charge on any atom is 0.193 e. The topological polar surface area (TPSA) is 62.9 Å². The van der Waals surface area contributed by atoms with Gasteiger partial charge in [0.05, 0.1) is 18.7 Å². The molecule has 2 aromatic carbocycles. The molecule has 0 heterocycles. The zero-order valence-electron chi connectivity index (χ0n) is 14.4. The SMILES string of the molecule is COc1ccc(NC(N)=NCc2ccc(N(C)C)cc2C)cc1Cl. The molecule has 0 unspecified atom stereocenters. The van der Waals surface area contributed by atoms with Crippen LogP contribution in [0, 0.1) is 6.92 Å². The van der Waals surface area contributed by atoms with Gasteiger partial charge in [-0.05, 0) is 48.4 Å². The fourth-order valence-corrected chi connectivity index (χ4v) is 2.50. The lowest BCUT2D eigenvalue weighted by molar-refractivity contribution is 0.415. The Morgan fingerprint density at radius 1 is 1.25 bits per heavy atom. The summed E-state index contributed by atoms with van der Waals surface area (Å²) in [6, 6.07) is 11.7. The van der Waals surface area contributed by atoms with Crippen molar-refractivity contribution in [3.8, 4) is 5.75 Å². The van der Waals surface area contributed by atoms with Gasteiger partial charge in [-0.1, -0.05) is 17.7 Å². The van der Waals surface area contributed by atoms with E-state index < -0.39 is 0 Å². The first-order valence-corrected chi connectivity index (χ1v) is 7.96. The van der Waals surface area contributed by atoms with E-state index in [1.54, 1.807) is 19.2 Å². The Balaban J connectivity index is 2.05. The van der Waals surface area contributed by atoms with Gasteiger partial charge >= 0.3 is 0 Å². The Morgan fingerprint density at radius 3 is 2.58 bits per heavy atom. The third kappa shape index (κ3) is 4.55. The molecule has 0 amide bonds. The van der Waals surface area contributed by atoms with Crippen molar-refractivity contribution < 1.29 is 4.74 Å². The molecule has 128 valence electrons. The molecule has 0 aliphatic heterocycles. The van der Waals surface area contributed by atoms with Crippen molar-refractivity contribution in [1.82, 2.24) is 0 Å². The van der Waals surface area contributed by atoms with Crippen LogP contribution in [0.3, 0.4) is 0 Å². The van der Waals surface area contributed by atoms with E-state index in [0.717, 1.165) is 11.3 Å². The zero-order valence-corrected chi connectivity index (χ0v) is 15.2. The maximum absolute atomic E-state index is 6.10. The highest BCUT2D eigenvalue weighted by atomic mass is 35.5. The molecule has 0 fully saturated rings. The van der Waals surface area contributed by atoms with E-state index in [9.17, 15) is 0 Å². The molecule has 2 aromatic rings. The van der Waals surface area contributed by atoms with Crippen LogP contribution in [0.25, 0.3) is 0 Å². The van der Waals surface area contributed by atoms with E-state index >= 15 is 0 Å². The van der Waals surface area contributed by atoms with E-state index in [-0.39, 0.29) is 0 Å². The molecule has 0 spiro atoms. The average molecular weight is 347 g/mol. The minimum atomic E-state index is 0.340. The minimum Gasteiger partial charge on any atom is -0.495 e. The van der Waals surface area contributed by atoms with Gasteiger partial charge in [0.2, 0.25) is 0 Å². The van der Waals surface area contributed by atoms with Crippen LogP contribution in [-0.2, 0) is 6.54 Å². The van der Waals surface area contributed by atoms with Gasteiger partial charge in [-0.2, -0.15) is 0 Å². The molecule has 0 radical (unpaired) electrons. The van der Waals surface area contributed by atoms with Crippen LogP contribution >= 0.6 is 11.6 Å². The second-order valence-corrected chi connectivity index (χ2v) is 6.09.